The molecule has 0 aliphatic carbocycles. The number of hydrogen-bond donors (Lipinski definition) is 1. The predicted molar refractivity (Wildman–Crippen MR) is 111 cm³/mol. The van der Waals surface area contributed by atoms with E-state index in [1.807, 2.05) is 11.5 Å². The number of rotatable bonds is 5. The summed E-state index contributed by atoms with van der Waals surface area (Å²) in [6.45, 7) is 2.70. The molecule has 3 aromatic rings. The average molecular weight is 466 g/mol. The Hall–Kier alpha value is -3.24. The fourth-order valence-corrected chi connectivity index (χ4v) is 3.68. The number of amides is 1. The molecule has 11 heteroatoms. The maximum atomic E-state index is 12.8. The average Bonchev–Trinajstić information content (AvgIpc) is 3.12. The van der Waals surface area contributed by atoms with E-state index in [4.69, 9.17) is 21.1 Å². The molecular formula is C21H18ClF2N3O5. The van der Waals surface area contributed by atoms with Crippen LogP contribution in [0.15, 0.2) is 36.4 Å². The number of alkyl halides is 3. The Morgan fingerprint density at radius 1 is 1.28 bits per heavy atom. The highest BCUT2D eigenvalue weighted by molar-refractivity contribution is 6.20. The molecule has 0 bridgehead atoms. The van der Waals surface area contributed by atoms with E-state index >= 15 is 0 Å². The number of ether oxygens (including phenoxy) is 3. The van der Waals surface area contributed by atoms with Crippen LogP contribution < -0.4 is 10.1 Å². The van der Waals surface area contributed by atoms with Crippen LogP contribution in [0.1, 0.15) is 39.5 Å². The lowest BCUT2D eigenvalue weighted by Crippen LogP contribution is -2.22. The van der Waals surface area contributed by atoms with Gasteiger partial charge in [-0.15, -0.1) is 8.78 Å². The van der Waals surface area contributed by atoms with Gasteiger partial charge in [0, 0.05) is 22.9 Å². The summed E-state index contributed by atoms with van der Waals surface area (Å²) in [4.78, 5) is 29.9. The summed E-state index contributed by atoms with van der Waals surface area (Å²) in [6.07, 6.45) is 0. The largest absolute Gasteiger partial charge is 0.487 e. The first-order valence-electron chi connectivity index (χ1n) is 9.54. The van der Waals surface area contributed by atoms with E-state index in [0.717, 1.165) is 0 Å². The number of hydrogen-bond acceptors (Lipinski definition) is 6. The highest BCUT2D eigenvalue weighted by Gasteiger charge is 2.28. The van der Waals surface area contributed by atoms with E-state index in [1.165, 1.54) is 37.4 Å². The van der Waals surface area contributed by atoms with Gasteiger partial charge < -0.3 is 24.1 Å². The molecule has 1 amide bonds. The van der Waals surface area contributed by atoms with Crippen molar-refractivity contribution in [2.45, 2.75) is 25.1 Å². The maximum absolute atomic E-state index is 12.8. The standard InChI is InChI=1S/C21H18ClF2N3O5/c1-11-9-31-10-17-26-16-8-12(7-15(20(29)30-2)18(16)27(11)17)19(28)25-13-3-5-14(6-4-13)32-21(22,23)24/h3-8,11H,9-10H2,1-2H3,(H,25,28)/t11-/m1/s1. The van der Waals surface area contributed by atoms with Crippen LogP contribution in [-0.2, 0) is 16.1 Å². The van der Waals surface area contributed by atoms with Gasteiger partial charge in [0.15, 0.2) is 0 Å². The molecule has 1 atom stereocenters. The molecule has 0 radical (unpaired) electrons. The molecule has 0 saturated carbocycles. The van der Waals surface area contributed by atoms with Crippen molar-refractivity contribution in [3.05, 3.63) is 53.3 Å². The van der Waals surface area contributed by atoms with Gasteiger partial charge in [-0.05, 0) is 43.3 Å². The first-order chi connectivity index (χ1) is 15.2. The Morgan fingerprint density at radius 3 is 2.66 bits per heavy atom. The van der Waals surface area contributed by atoms with Crippen LogP contribution >= 0.6 is 11.6 Å². The van der Waals surface area contributed by atoms with Gasteiger partial charge in [-0.1, -0.05) is 0 Å². The summed E-state index contributed by atoms with van der Waals surface area (Å²) in [7, 11) is 1.26. The summed E-state index contributed by atoms with van der Waals surface area (Å²) in [6, 6.07) is 8.19. The van der Waals surface area contributed by atoms with Gasteiger partial charge in [-0.3, -0.25) is 4.79 Å². The molecule has 32 heavy (non-hydrogen) atoms. The second-order valence-electron chi connectivity index (χ2n) is 7.17. The van der Waals surface area contributed by atoms with Crippen LogP contribution in [0.3, 0.4) is 0 Å². The lowest BCUT2D eigenvalue weighted by Gasteiger charge is -2.23. The Labute approximate surface area is 186 Å². The van der Waals surface area contributed by atoms with Crippen molar-refractivity contribution < 1.29 is 32.6 Å². The number of methoxy groups -OCH3 is 1. The summed E-state index contributed by atoms with van der Waals surface area (Å²) < 4.78 is 42.1. The number of anilines is 1. The number of nitrogens with zero attached hydrogens (tertiary/aromatic N) is 2. The van der Waals surface area contributed by atoms with Crippen molar-refractivity contribution in [1.29, 1.82) is 0 Å². The zero-order valence-electron chi connectivity index (χ0n) is 17.0. The molecule has 0 saturated heterocycles. The Kier molecular flexibility index (Phi) is 5.74. The van der Waals surface area contributed by atoms with Gasteiger partial charge in [0.2, 0.25) is 0 Å². The highest BCUT2D eigenvalue weighted by atomic mass is 35.5. The molecule has 0 spiro atoms. The van der Waals surface area contributed by atoms with Crippen LogP contribution in [0.25, 0.3) is 11.0 Å². The summed E-state index contributed by atoms with van der Waals surface area (Å²) >= 11 is 4.74. The molecule has 4 rings (SSSR count). The zero-order valence-corrected chi connectivity index (χ0v) is 17.8. The summed E-state index contributed by atoms with van der Waals surface area (Å²) in [5, 5.41) is 2.64. The van der Waals surface area contributed by atoms with Gasteiger partial charge in [0.05, 0.1) is 36.4 Å². The van der Waals surface area contributed by atoms with Crippen molar-refractivity contribution in [2.75, 3.05) is 19.0 Å². The van der Waals surface area contributed by atoms with Crippen LogP contribution in [0.4, 0.5) is 14.5 Å². The van der Waals surface area contributed by atoms with Gasteiger partial charge in [-0.25, -0.2) is 9.78 Å². The van der Waals surface area contributed by atoms with Crippen molar-refractivity contribution in [2.24, 2.45) is 0 Å². The van der Waals surface area contributed by atoms with E-state index in [0.29, 0.717) is 29.2 Å². The quantitative estimate of drug-likeness (QED) is 0.445. The predicted octanol–water partition coefficient (Wildman–Crippen LogP) is 4.33. The number of esters is 1. The fraction of sp³-hybridized carbons (Fsp3) is 0.286. The van der Waals surface area contributed by atoms with Crippen LogP contribution in [0.2, 0.25) is 0 Å². The normalized spacial score (nSPS) is 15.8. The molecule has 1 aromatic heterocycles. The minimum Gasteiger partial charge on any atom is -0.465 e. The third kappa shape index (κ3) is 4.37. The van der Waals surface area contributed by atoms with E-state index < -0.39 is 17.4 Å². The molecule has 0 fully saturated rings. The number of aromatic nitrogens is 2. The van der Waals surface area contributed by atoms with Gasteiger partial charge in [-0.2, -0.15) is 0 Å². The lowest BCUT2D eigenvalue weighted by molar-refractivity contribution is -0.0964. The molecule has 168 valence electrons. The van der Waals surface area contributed by atoms with Gasteiger partial charge in [0.1, 0.15) is 18.2 Å². The molecule has 2 aromatic carbocycles. The molecule has 2 heterocycles. The molecule has 1 aliphatic heterocycles. The van der Waals surface area contributed by atoms with E-state index in [9.17, 15) is 18.4 Å². The van der Waals surface area contributed by atoms with Gasteiger partial charge >= 0.3 is 11.5 Å². The van der Waals surface area contributed by atoms with Crippen LogP contribution in [0, 0.1) is 0 Å². The number of nitrogens with one attached hydrogen (secondary N) is 1. The third-order valence-corrected chi connectivity index (χ3v) is 4.98. The molecule has 1 N–H and O–H groups in total. The highest BCUT2D eigenvalue weighted by Crippen LogP contribution is 2.30. The van der Waals surface area contributed by atoms with E-state index in [2.05, 4.69) is 15.0 Å². The monoisotopic (exact) mass is 465 g/mol. The second-order valence-corrected chi connectivity index (χ2v) is 7.61. The Balaban J connectivity index is 1.67. The van der Waals surface area contributed by atoms with Crippen LogP contribution in [-0.4, -0.2) is 40.7 Å². The van der Waals surface area contributed by atoms with E-state index in [-0.39, 0.29) is 29.5 Å². The zero-order chi connectivity index (χ0) is 23.0. The second kappa shape index (κ2) is 8.36. The molecule has 0 unspecified atom stereocenters. The number of imidazole rings is 1. The minimum absolute atomic E-state index is 0.0482. The van der Waals surface area contributed by atoms with Crippen LogP contribution in [0.5, 0.6) is 5.75 Å². The maximum Gasteiger partial charge on any atom is 0.487 e. The Bertz CT molecular complexity index is 1190. The lowest BCUT2D eigenvalue weighted by atomic mass is 10.1. The number of fused-ring (bicyclic) bond motifs is 3. The third-order valence-electron chi connectivity index (χ3n) is 4.90. The Morgan fingerprint density at radius 2 is 2.00 bits per heavy atom. The van der Waals surface area contributed by atoms with Crippen molar-refractivity contribution in [3.8, 4) is 5.75 Å². The molecule has 8 nitrogen and oxygen atoms in total. The summed E-state index contributed by atoms with van der Waals surface area (Å²) in [5.74, 6) is -0.649. The number of carbonyl (C=O) groups is 2. The van der Waals surface area contributed by atoms with Crippen molar-refractivity contribution in [1.82, 2.24) is 9.55 Å². The first-order valence-corrected chi connectivity index (χ1v) is 9.92. The van der Waals surface area contributed by atoms with Crippen molar-refractivity contribution >= 4 is 40.2 Å². The minimum atomic E-state index is -3.84. The smallest absolute Gasteiger partial charge is 0.465 e. The number of carbonyl (C=O) groups excluding carboxylic acids is 2. The fourth-order valence-electron chi connectivity index (χ4n) is 3.59. The first kappa shape index (κ1) is 22.0. The molecular weight excluding hydrogens is 448 g/mol. The van der Waals surface area contributed by atoms with Crippen molar-refractivity contribution in [3.63, 3.8) is 0 Å². The number of halogens is 3. The topological polar surface area (TPSA) is 91.7 Å². The molecule has 1 aliphatic rings. The number of benzene rings is 2. The van der Waals surface area contributed by atoms with E-state index in [1.54, 1.807) is 6.07 Å². The summed E-state index contributed by atoms with van der Waals surface area (Å²) in [5.41, 5.74) is -2.10. The SMILES string of the molecule is COC(=O)c1cc(C(=O)Nc2ccc(OC(F)(F)Cl)cc2)cc2nc3n(c12)[C@H](C)COC3. The van der Waals surface area contributed by atoms with Gasteiger partial charge in [0.25, 0.3) is 5.91 Å².